The number of hydrogen-bond donors (Lipinski definition) is 0. The molecule has 0 saturated heterocycles. The normalized spacial score (nSPS) is 12.2. The number of likely N-dealkylation sites (N-methyl/N-ethyl adjacent to an activating group) is 2. The SMILES string of the molecule is CSc1ccc(CN(C)[C@@H](C(=O)N(C)C)c2ccccc2)cc1. The summed E-state index contributed by atoms with van der Waals surface area (Å²) in [5.74, 6) is 0.0967. The lowest BCUT2D eigenvalue weighted by atomic mass is 10.0. The van der Waals surface area contributed by atoms with E-state index in [1.165, 1.54) is 10.5 Å². The third-order valence-corrected chi connectivity index (χ3v) is 4.57. The van der Waals surface area contributed by atoms with Gasteiger partial charge in [-0.1, -0.05) is 42.5 Å². The topological polar surface area (TPSA) is 23.6 Å². The van der Waals surface area contributed by atoms with E-state index in [-0.39, 0.29) is 11.9 Å². The number of benzene rings is 2. The number of carbonyl (C=O) groups excluding carboxylic acids is 1. The molecule has 0 N–H and O–H groups in total. The number of nitrogens with zero attached hydrogens (tertiary/aromatic N) is 2. The number of thioether (sulfide) groups is 1. The largest absolute Gasteiger partial charge is 0.347 e. The number of carbonyl (C=O) groups is 1. The molecule has 4 heteroatoms. The third-order valence-electron chi connectivity index (χ3n) is 3.82. The maximum absolute atomic E-state index is 12.7. The first-order valence-corrected chi connectivity index (χ1v) is 8.84. The highest BCUT2D eigenvalue weighted by molar-refractivity contribution is 7.98. The summed E-state index contributed by atoms with van der Waals surface area (Å²) in [5, 5.41) is 0. The smallest absolute Gasteiger partial charge is 0.244 e. The van der Waals surface area contributed by atoms with Gasteiger partial charge in [0.25, 0.3) is 0 Å². The van der Waals surface area contributed by atoms with Crippen LogP contribution in [0.5, 0.6) is 0 Å². The van der Waals surface area contributed by atoms with Crippen molar-refractivity contribution in [1.29, 1.82) is 0 Å². The highest BCUT2D eigenvalue weighted by Crippen LogP contribution is 2.24. The Bertz CT molecular complexity index is 626. The molecule has 0 unspecified atom stereocenters. The minimum Gasteiger partial charge on any atom is -0.347 e. The quantitative estimate of drug-likeness (QED) is 0.756. The summed E-state index contributed by atoms with van der Waals surface area (Å²) >= 11 is 1.73. The van der Waals surface area contributed by atoms with Gasteiger partial charge in [-0.3, -0.25) is 9.69 Å². The van der Waals surface area contributed by atoms with E-state index in [0.29, 0.717) is 0 Å². The lowest BCUT2D eigenvalue weighted by Gasteiger charge is -2.29. The van der Waals surface area contributed by atoms with Crippen molar-refractivity contribution in [2.75, 3.05) is 27.4 Å². The average molecular weight is 328 g/mol. The summed E-state index contributed by atoms with van der Waals surface area (Å²) in [4.78, 5) is 17.7. The highest BCUT2D eigenvalue weighted by Gasteiger charge is 2.26. The Labute approximate surface area is 143 Å². The Morgan fingerprint density at radius 1 is 1.00 bits per heavy atom. The van der Waals surface area contributed by atoms with Crippen molar-refractivity contribution < 1.29 is 4.79 Å². The van der Waals surface area contributed by atoms with Crippen LogP contribution in [0.4, 0.5) is 0 Å². The van der Waals surface area contributed by atoms with Crippen LogP contribution in [0.3, 0.4) is 0 Å². The van der Waals surface area contributed by atoms with Crippen LogP contribution in [0, 0.1) is 0 Å². The molecule has 0 bridgehead atoms. The van der Waals surface area contributed by atoms with E-state index < -0.39 is 0 Å². The first-order chi connectivity index (χ1) is 11.0. The molecule has 2 aromatic carbocycles. The second-order valence-electron chi connectivity index (χ2n) is 5.81. The Morgan fingerprint density at radius 2 is 1.61 bits per heavy atom. The Hall–Kier alpha value is -1.78. The van der Waals surface area contributed by atoms with E-state index in [2.05, 4.69) is 35.4 Å². The minimum atomic E-state index is -0.272. The Morgan fingerprint density at radius 3 is 2.13 bits per heavy atom. The van der Waals surface area contributed by atoms with E-state index in [4.69, 9.17) is 0 Å². The number of amides is 1. The molecule has 0 heterocycles. The minimum absolute atomic E-state index is 0.0967. The van der Waals surface area contributed by atoms with Crippen LogP contribution < -0.4 is 0 Å². The molecule has 1 amide bonds. The Kier molecular flexibility index (Phi) is 6.25. The molecule has 122 valence electrons. The maximum Gasteiger partial charge on any atom is 0.244 e. The lowest BCUT2D eigenvalue weighted by Crippen LogP contribution is -2.37. The van der Waals surface area contributed by atoms with Gasteiger partial charge in [0.15, 0.2) is 0 Å². The fraction of sp³-hybridized carbons (Fsp3) is 0.316. The highest BCUT2D eigenvalue weighted by atomic mass is 32.2. The molecule has 0 aliphatic carbocycles. The van der Waals surface area contributed by atoms with Crippen LogP contribution in [-0.2, 0) is 11.3 Å². The van der Waals surface area contributed by atoms with Gasteiger partial charge in [-0.2, -0.15) is 0 Å². The Balaban J connectivity index is 2.22. The van der Waals surface area contributed by atoms with Crippen molar-refractivity contribution >= 4 is 17.7 Å². The van der Waals surface area contributed by atoms with Crippen LogP contribution in [0.1, 0.15) is 17.2 Å². The molecule has 23 heavy (non-hydrogen) atoms. The average Bonchev–Trinajstić information content (AvgIpc) is 2.56. The molecule has 0 fully saturated rings. The van der Waals surface area contributed by atoms with Gasteiger partial charge in [-0.05, 0) is 36.6 Å². The van der Waals surface area contributed by atoms with Gasteiger partial charge in [0.05, 0.1) is 0 Å². The molecule has 0 aromatic heterocycles. The van der Waals surface area contributed by atoms with Crippen LogP contribution in [0.25, 0.3) is 0 Å². The first-order valence-electron chi connectivity index (χ1n) is 7.62. The molecule has 3 nitrogen and oxygen atoms in total. The van der Waals surface area contributed by atoms with Gasteiger partial charge in [0, 0.05) is 25.5 Å². The molecule has 0 spiro atoms. The third kappa shape index (κ3) is 4.60. The molecule has 1 atom stereocenters. The van der Waals surface area contributed by atoms with E-state index in [1.54, 1.807) is 30.8 Å². The molecule has 0 aliphatic rings. The van der Waals surface area contributed by atoms with E-state index in [0.717, 1.165) is 12.1 Å². The monoisotopic (exact) mass is 328 g/mol. The number of hydrogen-bond acceptors (Lipinski definition) is 3. The standard InChI is InChI=1S/C19H24N2OS/c1-20(2)19(22)18(16-8-6-5-7-9-16)21(3)14-15-10-12-17(23-4)13-11-15/h5-13,18H,14H2,1-4H3/t18-/m1/s1. The van der Waals surface area contributed by atoms with Gasteiger partial charge in [-0.25, -0.2) is 0 Å². The van der Waals surface area contributed by atoms with Crippen molar-refractivity contribution in [2.45, 2.75) is 17.5 Å². The molecule has 0 saturated carbocycles. The summed E-state index contributed by atoms with van der Waals surface area (Å²) in [6, 6.07) is 18.2. The lowest BCUT2D eigenvalue weighted by molar-refractivity contribution is -0.134. The van der Waals surface area contributed by atoms with Crippen molar-refractivity contribution in [3.63, 3.8) is 0 Å². The van der Waals surface area contributed by atoms with Crippen LogP contribution in [0.2, 0.25) is 0 Å². The summed E-state index contributed by atoms with van der Waals surface area (Å²) in [6.07, 6.45) is 2.07. The molecule has 0 aliphatic heterocycles. The fourth-order valence-corrected chi connectivity index (χ4v) is 2.98. The zero-order valence-corrected chi connectivity index (χ0v) is 15.0. The van der Waals surface area contributed by atoms with Crippen LogP contribution in [-0.4, -0.2) is 43.1 Å². The van der Waals surface area contributed by atoms with Crippen molar-refractivity contribution in [1.82, 2.24) is 9.80 Å². The van der Waals surface area contributed by atoms with Gasteiger partial charge >= 0.3 is 0 Å². The fourth-order valence-electron chi connectivity index (χ4n) is 2.58. The van der Waals surface area contributed by atoms with Gasteiger partial charge < -0.3 is 4.90 Å². The first kappa shape index (κ1) is 17.6. The van der Waals surface area contributed by atoms with Crippen molar-refractivity contribution in [3.8, 4) is 0 Å². The van der Waals surface area contributed by atoms with E-state index >= 15 is 0 Å². The predicted molar refractivity (Wildman–Crippen MR) is 97.6 cm³/mol. The molecule has 2 aromatic rings. The van der Waals surface area contributed by atoms with Gasteiger partial charge in [-0.15, -0.1) is 11.8 Å². The molecular formula is C19H24N2OS. The zero-order valence-electron chi connectivity index (χ0n) is 14.2. The van der Waals surface area contributed by atoms with Gasteiger partial charge in [0.2, 0.25) is 5.91 Å². The molecule has 0 radical (unpaired) electrons. The van der Waals surface area contributed by atoms with E-state index in [1.807, 2.05) is 37.4 Å². The van der Waals surface area contributed by atoms with Crippen LogP contribution in [0.15, 0.2) is 59.5 Å². The van der Waals surface area contributed by atoms with Crippen molar-refractivity contribution in [3.05, 3.63) is 65.7 Å². The maximum atomic E-state index is 12.7. The van der Waals surface area contributed by atoms with Gasteiger partial charge in [0.1, 0.15) is 6.04 Å². The summed E-state index contributed by atoms with van der Waals surface area (Å²) < 4.78 is 0. The molecule has 2 rings (SSSR count). The van der Waals surface area contributed by atoms with Crippen molar-refractivity contribution in [2.24, 2.45) is 0 Å². The summed E-state index contributed by atoms with van der Waals surface area (Å²) in [7, 11) is 5.61. The summed E-state index contributed by atoms with van der Waals surface area (Å²) in [5.41, 5.74) is 2.23. The number of rotatable bonds is 6. The molecular weight excluding hydrogens is 304 g/mol. The van der Waals surface area contributed by atoms with E-state index in [9.17, 15) is 4.79 Å². The predicted octanol–water partition coefficient (Wildman–Crippen LogP) is 3.67. The van der Waals surface area contributed by atoms with Crippen LogP contribution >= 0.6 is 11.8 Å². The zero-order chi connectivity index (χ0) is 16.8. The second kappa shape index (κ2) is 8.18. The second-order valence-corrected chi connectivity index (χ2v) is 6.69. The summed E-state index contributed by atoms with van der Waals surface area (Å²) in [6.45, 7) is 0.730.